The van der Waals surface area contributed by atoms with E-state index in [0.717, 1.165) is 25.7 Å². The van der Waals surface area contributed by atoms with Crippen LogP contribution in [0.5, 0.6) is 5.75 Å². The van der Waals surface area contributed by atoms with Gasteiger partial charge < -0.3 is 24.1 Å². The van der Waals surface area contributed by atoms with Crippen molar-refractivity contribution >= 4 is 16.8 Å². The van der Waals surface area contributed by atoms with Gasteiger partial charge in [-0.05, 0) is 31.6 Å². The number of hydrogen-bond acceptors (Lipinski definition) is 6. The maximum Gasteiger partial charge on any atom is 0.261 e. The van der Waals surface area contributed by atoms with Crippen molar-refractivity contribution in [1.82, 2.24) is 14.9 Å². The minimum Gasteiger partial charge on any atom is -0.493 e. The quantitative estimate of drug-likeness (QED) is 0.752. The summed E-state index contributed by atoms with van der Waals surface area (Å²) < 4.78 is 31.5. The molecule has 2 fully saturated rings. The molecular weight excluding hydrogens is 405 g/mol. The van der Waals surface area contributed by atoms with Crippen LogP contribution in [0, 0.1) is 11.7 Å². The Kier molecular flexibility index (Phi) is 6.82. The minimum absolute atomic E-state index is 0.0653. The highest BCUT2D eigenvalue weighted by Crippen LogP contribution is 2.24. The van der Waals surface area contributed by atoms with Gasteiger partial charge in [-0.25, -0.2) is 9.37 Å². The minimum atomic E-state index is -0.662. The van der Waals surface area contributed by atoms with E-state index in [0.29, 0.717) is 50.4 Å². The summed E-state index contributed by atoms with van der Waals surface area (Å²) in [4.78, 5) is 32.7. The average Bonchev–Trinajstić information content (AvgIpc) is 2.77. The molecule has 8 nitrogen and oxygen atoms in total. The number of piperidine rings is 1. The molecular formula is C22H28FN3O5. The third-order valence-corrected chi connectivity index (χ3v) is 5.95. The van der Waals surface area contributed by atoms with Crippen molar-refractivity contribution in [2.24, 2.45) is 5.92 Å². The third kappa shape index (κ3) is 5.40. The fourth-order valence-electron chi connectivity index (χ4n) is 4.07. The number of nitrogens with one attached hydrogen (secondary N) is 1. The van der Waals surface area contributed by atoms with E-state index in [4.69, 9.17) is 14.2 Å². The lowest BCUT2D eigenvalue weighted by Gasteiger charge is -2.31. The molecule has 2 aliphatic heterocycles. The normalized spacial score (nSPS) is 18.5. The van der Waals surface area contributed by atoms with Gasteiger partial charge in [0.15, 0.2) is 0 Å². The standard InChI is InChI=1S/C22H28FN3O5/c1-14(27)26-6-2-15(3-7-26)12-30-17-10-18(23)21-19(11-17)24-20(25-22(21)28)13-31-16-4-8-29-9-5-16/h10-11,15-16H,2-9,12-13H2,1H3,(H,24,25,28). The summed E-state index contributed by atoms with van der Waals surface area (Å²) in [5.74, 6) is 0.420. The number of H-pyrrole nitrogens is 1. The van der Waals surface area contributed by atoms with Crippen LogP contribution in [0.3, 0.4) is 0 Å². The van der Waals surface area contributed by atoms with Gasteiger partial charge in [0.05, 0.1) is 18.2 Å². The zero-order valence-electron chi connectivity index (χ0n) is 17.7. The highest BCUT2D eigenvalue weighted by atomic mass is 19.1. The van der Waals surface area contributed by atoms with Crippen LogP contribution in [0.2, 0.25) is 0 Å². The molecule has 1 aromatic carbocycles. The van der Waals surface area contributed by atoms with Crippen LogP contribution in [0.25, 0.3) is 10.9 Å². The van der Waals surface area contributed by atoms with Crippen molar-refractivity contribution in [1.29, 1.82) is 0 Å². The van der Waals surface area contributed by atoms with Crippen LogP contribution >= 0.6 is 0 Å². The Morgan fingerprint density at radius 1 is 1.26 bits per heavy atom. The van der Waals surface area contributed by atoms with E-state index >= 15 is 0 Å². The first kappa shape index (κ1) is 21.7. The number of carbonyl (C=O) groups excluding carboxylic acids is 1. The summed E-state index contributed by atoms with van der Waals surface area (Å²) in [6, 6.07) is 2.82. The molecule has 0 aliphatic carbocycles. The molecule has 9 heteroatoms. The van der Waals surface area contributed by atoms with E-state index < -0.39 is 11.4 Å². The topological polar surface area (TPSA) is 93.8 Å². The Morgan fingerprint density at radius 2 is 2.00 bits per heavy atom. The Bertz CT molecular complexity index is 981. The van der Waals surface area contributed by atoms with Crippen LogP contribution in [0.15, 0.2) is 16.9 Å². The predicted octanol–water partition coefficient (Wildman–Crippen LogP) is 2.40. The van der Waals surface area contributed by atoms with E-state index in [-0.39, 0.29) is 29.5 Å². The van der Waals surface area contributed by atoms with Gasteiger partial charge in [-0.2, -0.15) is 0 Å². The van der Waals surface area contributed by atoms with Crippen LogP contribution < -0.4 is 10.3 Å². The molecule has 1 aromatic heterocycles. The molecule has 0 radical (unpaired) electrons. The lowest BCUT2D eigenvalue weighted by molar-refractivity contribution is -0.130. The largest absolute Gasteiger partial charge is 0.493 e. The monoisotopic (exact) mass is 433 g/mol. The molecule has 1 N–H and O–H groups in total. The van der Waals surface area contributed by atoms with Crippen molar-refractivity contribution < 1.29 is 23.4 Å². The van der Waals surface area contributed by atoms with Crippen molar-refractivity contribution in [3.8, 4) is 5.75 Å². The van der Waals surface area contributed by atoms with Gasteiger partial charge in [-0.1, -0.05) is 0 Å². The number of fused-ring (bicyclic) bond motifs is 1. The van der Waals surface area contributed by atoms with Crippen LogP contribution in [-0.4, -0.2) is 59.8 Å². The summed E-state index contributed by atoms with van der Waals surface area (Å²) >= 11 is 0. The molecule has 0 bridgehead atoms. The first-order valence-corrected chi connectivity index (χ1v) is 10.8. The number of aromatic nitrogens is 2. The van der Waals surface area contributed by atoms with E-state index in [9.17, 15) is 14.0 Å². The van der Waals surface area contributed by atoms with Crippen LogP contribution in [0.1, 0.15) is 38.4 Å². The zero-order valence-corrected chi connectivity index (χ0v) is 17.7. The SMILES string of the molecule is CC(=O)N1CCC(COc2cc(F)c3c(=O)[nH]c(COC4CCOCC4)nc3c2)CC1. The maximum absolute atomic E-state index is 14.6. The fraction of sp³-hybridized carbons (Fsp3) is 0.591. The molecule has 3 heterocycles. The average molecular weight is 433 g/mol. The van der Waals surface area contributed by atoms with E-state index in [1.54, 1.807) is 13.0 Å². The van der Waals surface area contributed by atoms with E-state index in [2.05, 4.69) is 9.97 Å². The molecule has 168 valence electrons. The number of ether oxygens (including phenoxy) is 3. The van der Waals surface area contributed by atoms with E-state index in [1.807, 2.05) is 4.90 Å². The number of nitrogens with zero attached hydrogens (tertiary/aromatic N) is 2. The van der Waals surface area contributed by atoms with Crippen LogP contribution in [0.4, 0.5) is 4.39 Å². The highest BCUT2D eigenvalue weighted by Gasteiger charge is 2.22. The Balaban J connectivity index is 1.42. The highest BCUT2D eigenvalue weighted by molar-refractivity contribution is 5.79. The Labute approximate surface area is 179 Å². The third-order valence-electron chi connectivity index (χ3n) is 5.95. The lowest BCUT2D eigenvalue weighted by atomic mass is 9.98. The predicted molar refractivity (Wildman–Crippen MR) is 111 cm³/mol. The number of halogens is 1. The first-order valence-electron chi connectivity index (χ1n) is 10.8. The summed E-state index contributed by atoms with van der Waals surface area (Å²) in [5.41, 5.74) is -0.285. The molecule has 0 atom stereocenters. The number of amides is 1. The van der Waals surface area contributed by atoms with Gasteiger partial charge in [0.2, 0.25) is 5.91 Å². The molecule has 4 rings (SSSR count). The second kappa shape index (κ2) is 9.74. The fourth-order valence-corrected chi connectivity index (χ4v) is 4.07. The summed E-state index contributed by atoms with van der Waals surface area (Å²) in [6.45, 7) is 4.90. The smallest absolute Gasteiger partial charge is 0.261 e. The molecule has 31 heavy (non-hydrogen) atoms. The van der Waals surface area contributed by atoms with Crippen LogP contribution in [-0.2, 0) is 20.9 Å². The number of hydrogen-bond donors (Lipinski definition) is 1. The number of carbonyl (C=O) groups is 1. The molecule has 2 saturated heterocycles. The Morgan fingerprint density at radius 3 is 2.71 bits per heavy atom. The summed E-state index contributed by atoms with van der Waals surface area (Å²) in [7, 11) is 0. The Hall–Kier alpha value is -2.52. The molecule has 0 unspecified atom stereocenters. The van der Waals surface area contributed by atoms with Gasteiger partial charge in [-0.3, -0.25) is 9.59 Å². The van der Waals surface area contributed by atoms with Crippen molar-refractivity contribution in [3.63, 3.8) is 0 Å². The number of rotatable bonds is 6. The zero-order chi connectivity index (χ0) is 21.8. The van der Waals surface area contributed by atoms with Gasteiger partial charge in [0, 0.05) is 45.4 Å². The lowest BCUT2D eigenvalue weighted by Crippen LogP contribution is -2.38. The van der Waals surface area contributed by atoms with Crippen molar-refractivity contribution in [2.45, 2.75) is 45.3 Å². The first-order chi connectivity index (χ1) is 15.0. The van der Waals surface area contributed by atoms with Gasteiger partial charge in [-0.15, -0.1) is 0 Å². The molecule has 0 spiro atoms. The molecule has 2 aliphatic rings. The van der Waals surface area contributed by atoms with Crippen molar-refractivity contribution in [2.75, 3.05) is 32.9 Å². The summed E-state index contributed by atoms with van der Waals surface area (Å²) in [6.07, 6.45) is 3.37. The second-order valence-electron chi connectivity index (χ2n) is 8.20. The molecule has 0 saturated carbocycles. The van der Waals surface area contributed by atoms with Gasteiger partial charge in [0.25, 0.3) is 5.56 Å². The molecule has 1 amide bonds. The van der Waals surface area contributed by atoms with Gasteiger partial charge >= 0.3 is 0 Å². The number of aromatic amines is 1. The van der Waals surface area contributed by atoms with Gasteiger partial charge in [0.1, 0.15) is 29.4 Å². The van der Waals surface area contributed by atoms with E-state index in [1.165, 1.54) is 6.07 Å². The van der Waals surface area contributed by atoms with Crippen molar-refractivity contribution in [3.05, 3.63) is 34.1 Å². The second-order valence-corrected chi connectivity index (χ2v) is 8.20. The molecule has 2 aromatic rings. The maximum atomic E-state index is 14.6. The number of likely N-dealkylation sites (tertiary alicyclic amines) is 1. The number of benzene rings is 1. The summed E-state index contributed by atoms with van der Waals surface area (Å²) in [5, 5.41) is -0.0862.